The molecule has 4 amide bonds. The summed E-state index contributed by atoms with van der Waals surface area (Å²) in [5.41, 5.74) is 11.0. The van der Waals surface area contributed by atoms with Crippen LogP contribution < -0.4 is 16.8 Å². The van der Waals surface area contributed by atoms with Crippen molar-refractivity contribution < 1.29 is 52.5 Å². The summed E-state index contributed by atoms with van der Waals surface area (Å²) in [4.78, 5) is 61.4. The molecule has 2 saturated heterocycles. The zero-order valence-electron chi connectivity index (χ0n) is 19.8. The van der Waals surface area contributed by atoms with E-state index in [1.807, 2.05) is 0 Å². The fourth-order valence-electron chi connectivity index (χ4n) is 3.86. The number of aliphatic hydroxyl groups excluding tert-OH is 2. The van der Waals surface area contributed by atoms with Gasteiger partial charge in [0.1, 0.15) is 24.2 Å². The summed E-state index contributed by atoms with van der Waals surface area (Å²) in [6.45, 7) is 3.44. The molecule has 36 heavy (non-hydrogen) atoms. The van der Waals surface area contributed by atoms with Gasteiger partial charge in [0.15, 0.2) is 0 Å². The van der Waals surface area contributed by atoms with Crippen LogP contribution in [-0.2, 0) is 24.0 Å². The van der Waals surface area contributed by atoms with Crippen molar-refractivity contribution in [3.05, 3.63) is 0 Å². The number of carbonyl (C=O) groups excluding carboxylic acids is 4. The average molecular weight is 527 g/mol. The summed E-state index contributed by atoms with van der Waals surface area (Å²) >= 11 is 0. The molecule has 0 aromatic rings. The second-order valence-electron chi connectivity index (χ2n) is 8.58. The molecular weight excluding hydrogens is 495 g/mol. The van der Waals surface area contributed by atoms with Crippen LogP contribution in [0.4, 0.5) is 13.2 Å². The quantitative estimate of drug-likeness (QED) is 0.209. The smallest absolute Gasteiger partial charge is 0.475 e. The number of halogens is 3. The molecule has 2 fully saturated rings. The molecule has 0 bridgehead atoms. The number of hydrogen-bond acceptors (Lipinski definition) is 8. The first kappa shape index (κ1) is 31.1. The SMILES string of the molecule is CC(O)[C@H](N)C(=O)N1CCCC1C(=O)N1CCCC1C(=O)N[C@H](C(N)=O)C(C)O.O=C(O)C(F)(F)F. The number of carboxylic acid groups (broad SMARTS) is 1. The fraction of sp³-hybridized carbons (Fsp3) is 0.750. The molecule has 206 valence electrons. The van der Waals surface area contributed by atoms with Crippen LogP contribution in [0, 0.1) is 0 Å². The van der Waals surface area contributed by atoms with E-state index in [4.69, 9.17) is 21.4 Å². The summed E-state index contributed by atoms with van der Waals surface area (Å²) in [7, 11) is 0. The normalized spacial score (nSPS) is 23.1. The second kappa shape index (κ2) is 12.8. The molecule has 0 aromatic carbocycles. The number of nitrogens with one attached hydrogen (secondary N) is 1. The Morgan fingerprint density at radius 3 is 1.83 bits per heavy atom. The van der Waals surface area contributed by atoms with Gasteiger partial charge in [-0.25, -0.2) is 4.79 Å². The van der Waals surface area contributed by atoms with Crippen molar-refractivity contribution in [2.75, 3.05) is 13.1 Å². The summed E-state index contributed by atoms with van der Waals surface area (Å²) in [5, 5.41) is 28.8. The van der Waals surface area contributed by atoms with Gasteiger partial charge in [-0.3, -0.25) is 19.2 Å². The highest BCUT2D eigenvalue weighted by molar-refractivity contribution is 5.95. The minimum atomic E-state index is -5.08. The van der Waals surface area contributed by atoms with Gasteiger partial charge >= 0.3 is 12.1 Å². The molecule has 0 aliphatic carbocycles. The first-order valence-electron chi connectivity index (χ1n) is 11.1. The minimum absolute atomic E-state index is 0.341. The average Bonchev–Trinajstić information content (AvgIpc) is 3.44. The Labute approximate surface area is 204 Å². The van der Waals surface area contributed by atoms with Crippen LogP contribution in [0.25, 0.3) is 0 Å². The van der Waals surface area contributed by atoms with Crippen LogP contribution in [0.15, 0.2) is 0 Å². The lowest BCUT2D eigenvalue weighted by Crippen LogP contribution is -2.58. The lowest BCUT2D eigenvalue weighted by molar-refractivity contribution is -0.192. The molecule has 0 radical (unpaired) electrons. The third kappa shape index (κ3) is 8.03. The van der Waals surface area contributed by atoms with E-state index in [2.05, 4.69) is 5.32 Å². The second-order valence-corrected chi connectivity index (χ2v) is 8.58. The highest BCUT2D eigenvalue weighted by Gasteiger charge is 2.44. The lowest BCUT2D eigenvalue weighted by Gasteiger charge is -2.33. The summed E-state index contributed by atoms with van der Waals surface area (Å²) < 4.78 is 31.7. The van der Waals surface area contributed by atoms with Crippen molar-refractivity contribution in [3.63, 3.8) is 0 Å². The molecule has 4 unspecified atom stereocenters. The van der Waals surface area contributed by atoms with Crippen LogP contribution in [-0.4, -0.2) is 110 Å². The van der Waals surface area contributed by atoms with Crippen LogP contribution in [0.5, 0.6) is 0 Å². The van der Waals surface area contributed by atoms with E-state index < -0.39 is 66.2 Å². The monoisotopic (exact) mass is 527 g/mol. The first-order valence-corrected chi connectivity index (χ1v) is 11.1. The van der Waals surface area contributed by atoms with Gasteiger partial charge in [-0.1, -0.05) is 0 Å². The number of alkyl halides is 3. The molecule has 13 nitrogen and oxygen atoms in total. The molecular formula is C20H32F3N5O8. The maximum absolute atomic E-state index is 13.1. The summed E-state index contributed by atoms with van der Waals surface area (Å²) in [5.74, 6) is -5.06. The van der Waals surface area contributed by atoms with E-state index in [-0.39, 0.29) is 5.91 Å². The lowest BCUT2D eigenvalue weighted by atomic mass is 10.1. The molecule has 2 heterocycles. The van der Waals surface area contributed by atoms with Crippen LogP contribution >= 0.6 is 0 Å². The molecule has 0 saturated carbocycles. The number of nitrogens with zero attached hydrogens (tertiary/aromatic N) is 2. The topological polar surface area (TPSA) is 217 Å². The molecule has 2 aliphatic heterocycles. The highest BCUT2D eigenvalue weighted by atomic mass is 19.4. The van der Waals surface area contributed by atoms with Gasteiger partial charge in [0.25, 0.3) is 0 Å². The molecule has 6 atom stereocenters. The van der Waals surface area contributed by atoms with Gasteiger partial charge in [0.2, 0.25) is 23.6 Å². The largest absolute Gasteiger partial charge is 0.490 e. The van der Waals surface area contributed by atoms with Crippen LogP contribution in [0.1, 0.15) is 39.5 Å². The van der Waals surface area contributed by atoms with Crippen molar-refractivity contribution in [1.29, 1.82) is 0 Å². The van der Waals surface area contributed by atoms with E-state index in [0.29, 0.717) is 38.8 Å². The molecule has 0 aromatic heterocycles. The van der Waals surface area contributed by atoms with E-state index in [1.54, 1.807) is 0 Å². The van der Waals surface area contributed by atoms with Crippen molar-refractivity contribution in [3.8, 4) is 0 Å². The molecule has 8 N–H and O–H groups in total. The number of primary amides is 1. The number of carbonyl (C=O) groups is 5. The van der Waals surface area contributed by atoms with Crippen molar-refractivity contribution in [2.24, 2.45) is 11.5 Å². The Kier molecular flexibility index (Phi) is 11.1. The predicted octanol–water partition coefficient (Wildman–Crippen LogP) is -2.34. The van der Waals surface area contributed by atoms with E-state index >= 15 is 0 Å². The summed E-state index contributed by atoms with van der Waals surface area (Å²) in [6, 6.07) is -3.94. The Morgan fingerprint density at radius 2 is 1.42 bits per heavy atom. The zero-order chi connectivity index (χ0) is 28.0. The third-order valence-electron chi connectivity index (χ3n) is 5.79. The maximum Gasteiger partial charge on any atom is 0.490 e. The van der Waals surface area contributed by atoms with Crippen molar-refractivity contribution in [2.45, 2.75) is 82.1 Å². The Morgan fingerprint density at radius 1 is 0.944 bits per heavy atom. The Bertz CT molecular complexity index is 839. The number of amides is 4. The number of aliphatic hydroxyl groups is 2. The van der Waals surface area contributed by atoms with E-state index in [0.717, 1.165) is 0 Å². The Hall–Kier alpha value is -2.98. The zero-order valence-corrected chi connectivity index (χ0v) is 19.8. The molecule has 2 aliphatic rings. The molecule has 0 spiro atoms. The predicted molar refractivity (Wildman–Crippen MR) is 116 cm³/mol. The van der Waals surface area contributed by atoms with Gasteiger partial charge < -0.3 is 41.9 Å². The van der Waals surface area contributed by atoms with Crippen LogP contribution in [0.3, 0.4) is 0 Å². The number of nitrogens with two attached hydrogens (primary N) is 2. The van der Waals surface area contributed by atoms with Gasteiger partial charge in [-0.2, -0.15) is 13.2 Å². The fourth-order valence-corrected chi connectivity index (χ4v) is 3.86. The first-order chi connectivity index (χ1) is 16.5. The van der Waals surface area contributed by atoms with E-state index in [1.165, 1.54) is 23.6 Å². The van der Waals surface area contributed by atoms with E-state index in [9.17, 15) is 42.6 Å². The van der Waals surface area contributed by atoms with Gasteiger partial charge in [0.05, 0.1) is 12.2 Å². The number of hydrogen-bond donors (Lipinski definition) is 6. The van der Waals surface area contributed by atoms with Gasteiger partial charge in [-0.05, 0) is 39.5 Å². The van der Waals surface area contributed by atoms with Crippen LogP contribution in [0.2, 0.25) is 0 Å². The highest BCUT2D eigenvalue weighted by Crippen LogP contribution is 2.25. The number of likely N-dealkylation sites (tertiary alicyclic amines) is 2. The summed E-state index contributed by atoms with van der Waals surface area (Å²) in [6.07, 6.45) is -5.25. The third-order valence-corrected chi connectivity index (χ3v) is 5.79. The minimum Gasteiger partial charge on any atom is -0.475 e. The number of rotatable bonds is 7. The number of aliphatic carboxylic acids is 1. The van der Waals surface area contributed by atoms with Crippen molar-refractivity contribution >= 4 is 29.6 Å². The molecule has 16 heteroatoms. The maximum atomic E-state index is 13.1. The van der Waals surface area contributed by atoms with Gasteiger partial charge in [0, 0.05) is 13.1 Å². The number of carboxylic acids is 1. The molecule has 2 rings (SSSR count). The van der Waals surface area contributed by atoms with Gasteiger partial charge in [-0.15, -0.1) is 0 Å². The Balaban J connectivity index is 0.000000809. The standard InChI is InChI=1S/C18H31N5O6.C2HF3O2/c1-9(24)13(19)18(29)23-8-4-6-12(23)17(28)22-7-3-5-11(22)16(27)21-14(10(2)25)15(20)26;3-2(4,5)1(6)7/h9-14,24-25H,3-8,19H2,1-2H3,(H2,20,26)(H,21,27);(H,6,7)/t9?,10?,11?,12?,13-,14-;/m0./s1. The van der Waals surface area contributed by atoms with Crippen molar-refractivity contribution in [1.82, 2.24) is 15.1 Å².